The fourth-order valence-electron chi connectivity index (χ4n) is 7.21. The number of fused-ring (bicyclic) bond motifs is 5. The van der Waals surface area contributed by atoms with E-state index in [4.69, 9.17) is 9.25 Å². The van der Waals surface area contributed by atoms with Crippen molar-refractivity contribution in [1.82, 2.24) is 4.98 Å². The van der Waals surface area contributed by atoms with Gasteiger partial charge in [0.15, 0.2) is 5.89 Å². The SMILES string of the molecule is Cc1ncc(CCON=C2C=C3CCC4C5CCC(=O)C5(C)CCC4C3(C)CC2)o1. The molecule has 1 aromatic heterocycles. The topological polar surface area (TPSA) is 64.7 Å². The van der Waals surface area contributed by atoms with Crippen molar-refractivity contribution in [3.63, 3.8) is 0 Å². The maximum Gasteiger partial charge on any atom is 0.191 e. The molecule has 0 saturated heterocycles. The van der Waals surface area contributed by atoms with Crippen LogP contribution in [0.1, 0.15) is 76.9 Å². The summed E-state index contributed by atoms with van der Waals surface area (Å²) in [6, 6.07) is 0. The molecule has 5 unspecified atom stereocenters. The first-order valence-electron chi connectivity index (χ1n) is 11.7. The van der Waals surface area contributed by atoms with E-state index in [1.165, 1.54) is 12.8 Å². The van der Waals surface area contributed by atoms with Crippen LogP contribution >= 0.6 is 0 Å². The molecule has 0 aromatic carbocycles. The summed E-state index contributed by atoms with van der Waals surface area (Å²) >= 11 is 0. The number of aryl methyl sites for hydroxylation is 1. The molecule has 5 rings (SSSR count). The summed E-state index contributed by atoms with van der Waals surface area (Å²) in [5, 5.41) is 4.44. The molecule has 5 heteroatoms. The molecule has 0 aliphatic heterocycles. The minimum atomic E-state index is -0.0318. The average molecular weight is 411 g/mol. The van der Waals surface area contributed by atoms with Crippen LogP contribution in [0, 0.1) is 35.5 Å². The van der Waals surface area contributed by atoms with Crippen LogP contribution in [0.25, 0.3) is 0 Å². The van der Waals surface area contributed by atoms with Crippen molar-refractivity contribution < 1.29 is 14.0 Å². The van der Waals surface area contributed by atoms with Crippen LogP contribution in [0.2, 0.25) is 0 Å². The van der Waals surface area contributed by atoms with Crippen LogP contribution in [-0.4, -0.2) is 23.1 Å². The van der Waals surface area contributed by atoms with Gasteiger partial charge in [0, 0.05) is 25.2 Å². The Balaban J connectivity index is 1.26. The summed E-state index contributed by atoms with van der Waals surface area (Å²) in [4.78, 5) is 22.3. The summed E-state index contributed by atoms with van der Waals surface area (Å²) in [7, 11) is 0. The Morgan fingerprint density at radius 2 is 1.97 bits per heavy atom. The molecule has 4 aliphatic rings. The largest absolute Gasteiger partial charge is 0.446 e. The number of rotatable bonds is 4. The lowest BCUT2D eigenvalue weighted by atomic mass is 9.47. The van der Waals surface area contributed by atoms with Gasteiger partial charge in [-0.1, -0.05) is 24.6 Å². The zero-order valence-corrected chi connectivity index (χ0v) is 18.6. The number of nitrogens with zero attached hydrogens (tertiary/aromatic N) is 2. The predicted octanol–water partition coefficient (Wildman–Crippen LogP) is 5.43. The van der Waals surface area contributed by atoms with Gasteiger partial charge in [0.2, 0.25) is 0 Å². The van der Waals surface area contributed by atoms with Crippen molar-refractivity contribution in [1.29, 1.82) is 0 Å². The molecule has 0 radical (unpaired) electrons. The third-order valence-electron chi connectivity index (χ3n) is 8.98. The summed E-state index contributed by atoms with van der Waals surface area (Å²) in [6.45, 7) is 7.11. The van der Waals surface area contributed by atoms with Crippen LogP contribution in [0.5, 0.6) is 0 Å². The van der Waals surface area contributed by atoms with Crippen molar-refractivity contribution in [3.8, 4) is 0 Å². The number of hydrogen-bond acceptors (Lipinski definition) is 5. The van der Waals surface area contributed by atoms with Crippen molar-refractivity contribution >= 4 is 11.5 Å². The molecular weight excluding hydrogens is 376 g/mol. The molecule has 162 valence electrons. The minimum absolute atomic E-state index is 0.0318. The van der Waals surface area contributed by atoms with Gasteiger partial charge < -0.3 is 9.25 Å². The Labute approximate surface area is 179 Å². The lowest BCUT2D eigenvalue weighted by molar-refractivity contribution is -0.132. The summed E-state index contributed by atoms with van der Waals surface area (Å²) in [5.74, 6) is 4.12. The maximum atomic E-state index is 12.6. The number of carbonyl (C=O) groups excluding carboxylic acids is 1. The van der Waals surface area contributed by atoms with Crippen LogP contribution < -0.4 is 0 Å². The molecule has 5 nitrogen and oxygen atoms in total. The normalized spacial score (nSPS) is 39.3. The molecule has 0 bridgehead atoms. The lowest BCUT2D eigenvalue weighted by Gasteiger charge is -2.57. The Bertz CT molecular complexity index is 900. The van der Waals surface area contributed by atoms with Gasteiger partial charge in [-0.2, -0.15) is 0 Å². The van der Waals surface area contributed by atoms with Gasteiger partial charge in [-0.15, -0.1) is 0 Å². The van der Waals surface area contributed by atoms with E-state index in [-0.39, 0.29) is 10.8 Å². The number of allylic oxidation sites excluding steroid dienone is 2. The van der Waals surface area contributed by atoms with E-state index in [9.17, 15) is 4.79 Å². The highest BCUT2D eigenvalue weighted by Gasteiger charge is 2.58. The average Bonchev–Trinajstić information content (AvgIpc) is 3.28. The van der Waals surface area contributed by atoms with Crippen molar-refractivity contribution in [2.24, 2.45) is 33.7 Å². The van der Waals surface area contributed by atoms with E-state index in [0.717, 1.165) is 61.8 Å². The van der Waals surface area contributed by atoms with Crippen LogP contribution in [0.15, 0.2) is 27.4 Å². The molecule has 1 aromatic rings. The van der Waals surface area contributed by atoms with Gasteiger partial charge >= 0.3 is 0 Å². The second-order valence-electron chi connectivity index (χ2n) is 10.4. The number of ketones is 1. The Hall–Kier alpha value is -1.91. The summed E-state index contributed by atoms with van der Waals surface area (Å²) in [6.07, 6.45) is 13.5. The Kier molecular flexibility index (Phi) is 4.90. The second-order valence-corrected chi connectivity index (χ2v) is 10.4. The van der Waals surface area contributed by atoms with Crippen LogP contribution in [0.3, 0.4) is 0 Å². The monoisotopic (exact) mass is 410 g/mol. The number of Topliss-reactive ketones (excluding diaryl/α,β-unsaturated/α-hetero) is 1. The maximum absolute atomic E-state index is 12.6. The van der Waals surface area contributed by atoms with Gasteiger partial charge in [0.05, 0.1) is 11.9 Å². The standard InChI is InChI=1S/C25H34N2O3/c1-16-26-15-19(30-16)10-13-29-27-18-8-11-24(2)17(14-18)4-5-20-21-6-7-23(28)25(21,3)12-9-22(20)24/h14-15,20-22H,4-13H2,1-3H3. The van der Waals surface area contributed by atoms with Gasteiger partial charge in [-0.25, -0.2) is 4.98 Å². The first-order chi connectivity index (χ1) is 14.4. The molecule has 3 fully saturated rings. The fourth-order valence-corrected chi connectivity index (χ4v) is 7.21. The number of oxazole rings is 1. The van der Waals surface area contributed by atoms with Gasteiger partial charge in [0.1, 0.15) is 18.2 Å². The first kappa shape index (κ1) is 20.0. The first-order valence-corrected chi connectivity index (χ1v) is 11.7. The highest BCUT2D eigenvalue weighted by molar-refractivity contribution is 5.96. The van der Waals surface area contributed by atoms with Crippen molar-refractivity contribution in [3.05, 3.63) is 29.5 Å². The fraction of sp³-hybridized carbons (Fsp3) is 0.720. The number of hydrogen-bond donors (Lipinski definition) is 0. The zero-order valence-electron chi connectivity index (χ0n) is 18.6. The molecule has 0 amide bonds. The molecule has 3 saturated carbocycles. The molecule has 30 heavy (non-hydrogen) atoms. The second kappa shape index (κ2) is 7.35. The van der Waals surface area contributed by atoms with E-state index < -0.39 is 0 Å². The third-order valence-corrected chi connectivity index (χ3v) is 8.98. The summed E-state index contributed by atoms with van der Waals surface area (Å²) in [5.41, 5.74) is 2.88. The molecular formula is C25H34N2O3. The quantitative estimate of drug-likeness (QED) is 0.490. The molecule has 4 aliphatic carbocycles. The lowest BCUT2D eigenvalue weighted by Crippen LogP contribution is -2.50. The molecule has 5 atom stereocenters. The number of oxime groups is 1. The summed E-state index contributed by atoms with van der Waals surface area (Å²) < 4.78 is 5.48. The predicted molar refractivity (Wildman–Crippen MR) is 115 cm³/mol. The molecule has 0 N–H and O–H groups in total. The van der Waals surface area contributed by atoms with Gasteiger partial charge in [-0.05, 0) is 74.2 Å². The van der Waals surface area contributed by atoms with E-state index in [2.05, 4.69) is 30.1 Å². The zero-order chi connectivity index (χ0) is 20.9. The highest BCUT2D eigenvalue weighted by atomic mass is 16.6. The van der Waals surface area contributed by atoms with Crippen LogP contribution in [0.4, 0.5) is 0 Å². The molecule has 0 spiro atoms. The Morgan fingerprint density at radius 3 is 2.77 bits per heavy atom. The third kappa shape index (κ3) is 3.16. The number of aromatic nitrogens is 1. The number of carbonyl (C=O) groups is 1. The van der Waals surface area contributed by atoms with E-state index in [1.54, 1.807) is 11.8 Å². The van der Waals surface area contributed by atoms with Crippen molar-refractivity contribution in [2.45, 2.75) is 78.6 Å². The van der Waals surface area contributed by atoms with Gasteiger partial charge in [0.25, 0.3) is 0 Å². The van der Waals surface area contributed by atoms with Crippen LogP contribution in [-0.2, 0) is 16.1 Å². The van der Waals surface area contributed by atoms with E-state index >= 15 is 0 Å². The Morgan fingerprint density at radius 1 is 1.13 bits per heavy atom. The smallest absolute Gasteiger partial charge is 0.191 e. The molecule has 1 heterocycles. The minimum Gasteiger partial charge on any atom is -0.446 e. The van der Waals surface area contributed by atoms with E-state index in [0.29, 0.717) is 30.6 Å². The van der Waals surface area contributed by atoms with Gasteiger partial charge in [-0.3, -0.25) is 4.79 Å². The van der Waals surface area contributed by atoms with Crippen molar-refractivity contribution in [2.75, 3.05) is 6.61 Å². The van der Waals surface area contributed by atoms with E-state index in [1.807, 2.05) is 6.92 Å². The highest BCUT2D eigenvalue weighted by Crippen LogP contribution is 2.64.